The molecule has 5 aromatic rings. The Balaban J connectivity index is 1.47. The molecule has 39 heavy (non-hydrogen) atoms. The molecule has 1 aliphatic heterocycles. The van der Waals surface area contributed by atoms with E-state index in [1.807, 2.05) is 28.8 Å². The molecule has 0 spiro atoms. The minimum absolute atomic E-state index is 0.0144. The highest BCUT2D eigenvalue weighted by atomic mass is 35.5. The third-order valence-electron chi connectivity index (χ3n) is 7.93. The van der Waals surface area contributed by atoms with Gasteiger partial charge in [0.2, 0.25) is 0 Å². The molecule has 0 fully saturated rings. The molecule has 6 heteroatoms. The van der Waals surface area contributed by atoms with Gasteiger partial charge >= 0.3 is 0 Å². The largest absolute Gasteiger partial charge is 0.347 e. The van der Waals surface area contributed by atoms with Crippen LogP contribution in [0.25, 0.3) is 22.7 Å². The summed E-state index contributed by atoms with van der Waals surface area (Å²) >= 11 is 8.25. The molecule has 2 aliphatic rings. The van der Waals surface area contributed by atoms with Crippen LogP contribution in [-0.4, -0.2) is 9.13 Å². The van der Waals surface area contributed by atoms with Gasteiger partial charge in [-0.2, -0.15) is 0 Å². The van der Waals surface area contributed by atoms with E-state index < -0.39 is 0 Å². The summed E-state index contributed by atoms with van der Waals surface area (Å²) in [6.45, 7) is 3.17. The average Bonchev–Trinajstić information content (AvgIpc) is 3.47. The minimum Gasteiger partial charge on any atom is -0.347 e. The number of halogens is 1. The predicted molar refractivity (Wildman–Crippen MR) is 161 cm³/mol. The van der Waals surface area contributed by atoms with Crippen molar-refractivity contribution < 1.29 is 0 Å². The molecule has 0 N–H and O–H groups in total. The number of aromatic nitrogens is 2. The number of benzene rings is 3. The van der Waals surface area contributed by atoms with Crippen LogP contribution < -0.4 is 14.9 Å². The first-order valence-electron chi connectivity index (χ1n) is 13.6. The molecule has 1 aliphatic carbocycles. The molecule has 0 radical (unpaired) electrons. The maximum absolute atomic E-state index is 14.2. The van der Waals surface area contributed by atoms with Crippen molar-refractivity contribution in [2.45, 2.75) is 45.2 Å². The summed E-state index contributed by atoms with van der Waals surface area (Å²) in [5.74, 6) is 0. The Labute approximate surface area is 235 Å². The molecule has 2 aromatic heterocycles. The van der Waals surface area contributed by atoms with E-state index in [1.54, 1.807) is 0 Å². The van der Waals surface area contributed by atoms with Gasteiger partial charge in [-0.25, -0.2) is 4.99 Å². The van der Waals surface area contributed by atoms with Gasteiger partial charge < -0.3 is 4.57 Å². The number of nitrogens with zero attached hydrogens (tertiary/aromatic N) is 3. The number of hydrogen-bond donors (Lipinski definition) is 0. The van der Waals surface area contributed by atoms with Crippen LogP contribution in [-0.2, 0) is 13.0 Å². The van der Waals surface area contributed by atoms with Crippen LogP contribution in [0, 0.1) is 0 Å². The van der Waals surface area contributed by atoms with Gasteiger partial charge in [0.05, 0.1) is 16.3 Å². The second kappa shape index (κ2) is 9.82. The van der Waals surface area contributed by atoms with E-state index in [1.165, 1.54) is 22.4 Å². The highest BCUT2D eigenvalue weighted by Gasteiger charge is 2.33. The van der Waals surface area contributed by atoms with Crippen LogP contribution in [0.3, 0.4) is 0 Å². The Bertz CT molecular complexity index is 1960. The lowest BCUT2D eigenvalue weighted by Gasteiger charge is -2.31. The highest BCUT2D eigenvalue weighted by molar-refractivity contribution is 7.07. The van der Waals surface area contributed by atoms with E-state index in [2.05, 4.69) is 72.3 Å². The van der Waals surface area contributed by atoms with Crippen molar-refractivity contribution in [1.82, 2.24) is 9.13 Å². The molecule has 1 unspecified atom stereocenters. The van der Waals surface area contributed by atoms with Crippen LogP contribution in [0.15, 0.2) is 94.4 Å². The standard InChI is InChI=1S/C33H28ClN3OS/c1-2-3-18-36-20-22(23-11-7-9-15-28(23)36)19-29-32(38)37-31(25-13-6-8-14-27(25)34)26-17-16-21-10-4-5-12-24(21)30(26)35-33(37)39-29/h4-15,19-20,31H,2-3,16-18H2,1H3. The van der Waals surface area contributed by atoms with Gasteiger partial charge in [-0.05, 0) is 54.2 Å². The van der Waals surface area contributed by atoms with E-state index in [-0.39, 0.29) is 11.6 Å². The van der Waals surface area contributed by atoms with E-state index in [9.17, 15) is 4.79 Å². The zero-order valence-electron chi connectivity index (χ0n) is 21.7. The first-order chi connectivity index (χ1) is 19.1. The van der Waals surface area contributed by atoms with Crippen molar-refractivity contribution in [2.75, 3.05) is 0 Å². The Morgan fingerprint density at radius 3 is 2.69 bits per heavy atom. The molecule has 0 saturated heterocycles. The van der Waals surface area contributed by atoms with Crippen LogP contribution in [0.5, 0.6) is 0 Å². The van der Waals surface area contributed by atoms with Gasteiger partial charge in [0.25, 0.3) is 5.56 Å². The van der Waals surface area contributed by atoms with Crippen molar-refractivity contribution in [2.24, 2.45) is 4.99 Å². The summed E-state index contributed by atoms with van der Waals surface area (Å²) in [7, 11) is 0. The van der Waals surface area contributed by atoms with E-state index in [4.69, 9.17) is 16.6 Å². The van der Waals surface area contributed by atoms with Gasteiger partial charge in [0, 0.05) is 39.8 Å². The van der Waals surface area contributed by atoms with Gasteiger partial charge in [-0.3, -0.25) is 9.36 Å². The average molecular weight is 550 g/mol. The third kappa shape index (κ3) is 4.03. The van der Waals surface area contributed by atoms with Crippen molar-refractivity contribution in [3.63, 3.8) is 0 Å². The van der Waals surface area contributed by atoms with Crippen molar-refractivity contribution >= 4 is 45.6 Å². The van der Waals surface area contributed by atoms with Gasteiger partial charge in [0.1, 0.15) is 0 Å². The van der Waals surface area contributed by atoms with Crippen molar-refractivity contribution in [3.8, 4) is 0 Å². The fourth-order valence-corrected chi connectivity index (χ4v) is 7.27. The monoisotopic (exact) mass is 549 g/mol. The number of fused-ring (bicyclic) bond motifs is 4. The first-order valence-corrected chi connectivity index (χ1v) is 14.8. The zero-order valence-corrected chi connectivity index (χ0v) is 23.3. The van der Waals surface area contributed by atoms with Gasteiger partial charge in [-0.1, -0.05) is 96.9 Å². The van der Waals surface area contributed by atoms with Crippen LogP contribution in [0.1, 0.15) is 54.5 Å². The molecule has 7 rings (SSSR count). The first kappa shape index (κ1) is 24.4. The number of unbranched alkanes of at least 4 members (excludes halogenated alkanes) is 1. The lowest BCUT2D eigenvalue weighted by Crippen LogP contribution is -2.38. The van der Waals surface area contributed by atoms with E-state index in [0.29, 0.717) is 9.55 Å². The Hall–Kier alpha value is -3.67. The Morgan fingerprint density at radius 2 is 1.82 bits per heavy atom. The maximum Gasteiger partial charge on any atom is 0.271 e. The molecule has 3 aromatic carbocycles. The molecule has 0 bridgehead atoms. The SMILES string of the molecule is CCCCn1cc(C=c2sc3n(c2=O)C(c2ccccc2Cl)C2=C(N=3)c3ccccc3CC2)c2ccccc21. The number of allylic oxidation sites excluding steroid dienone is 1. The van der Waals surface area contributed by atoms with E-state index >= 15 is 0 Å². The summed E-state index contributed by atoms with van der Waals surface area (Å²) < 4.78 is 4.88. The van der Waals surface area contributed by atoms with Crippen LogP contribution in [0.2, 0.25) is 5.02 Å². The highest BCUT2D eigenvalue weighted by Crippen LogP contribution is 2.42. The van der Waals surface area contributed by atoms with Crippen LogP contribution >= 0.6 is 22.9 Å². The van der Waals surface area contributed by atoms with Crippen molar-refractivity contribution in [3.05, 3.63) is 132 Å². The summed E-state index contributed by atoms with van der Waals surface area (Å²) in [6.07, 6.45) is 8.26. The number of rotatable bonds is 5. The number of thiazole rings is 1. The normalized spacial score (nSPS) is 16.7. The maximum atomic E-state index is 14.2. The number of para-hydroxylation sites is 1. The molecule has 4 nitrogen and oxygen atoms in total. The third-order valence-corrected chi connectivity index (χ3v) is 9.26. The molecular weight excluding hydrogens is 522 g/mol. The smallest absolute Gasteiger partial charge is 0.271 e. The molecule has 0 amide bonds. The Morgan fingerprint density at radius 1 is 1.03 bits per heavy atom. The zero-order chi connectivity index (χ0) is 26.5. The van der Waals surface area contributed by atoms with E-state index in [0.717, 1.165) is 70.4 Å². The molecule has 194 valence electrons. The summed E-state index contributed by atoms with van der Waals surface area (Å²) in [6, 6.07) is 24.6. The Kier molecular flexibility index (Phi) is 6.14. The number of aryl methyl sites for hydroxylation is 2. The fraction of sp³-hybridized carbons (Fsp3) is 0.212. The number of hydrogen-bond acceptors (Lipinski definition) is 3. The van der Waals surface area contributed by atoms with Crippen molar-refractivity contribution in [1.29, 1.82) is 0 Å². The summed E-state index contributed by atoms with van der Waals surface area (Å²) in [5, 5.41) is 1.83. The van der Waals surface area contributed by atoms with Gasteiger partial charge in [0.15, 0.2) is 4.80 Å². The quantitative estimate of drug-likeness (QED) is 0.240. The van der Waals surface area contributed by atoms with Crippen LogP contribution in [0.4, 0.5) is 0 Å². The van der Waals surface area contributed by atoms with Gasteiger partial charge in [-0.15, -0.1) is 0 Å². The summed E-state index contributed by atoms with van der Waals surface area (Å²) in [5.41, 5.74) is 7.82. The fourth-order valence-electron chi connectivity index (χ4n) is 6.04. The lowest BCUT2D eigenvalue weighted by molar-refractivity contribution is 0.585. The topological polar surface area (TPSA) is 39.3 Å². The molecule has 3 heterocycles. The lowest BCUT2D eigenvalue weighted by atomic mass is 9.83. The second-order valence-electron chi connectivity index (χ2n) is 10.3. The summed E-state index contributed by atoms with van der Waals surface area (Å²) in [4.78, 5) is 20.0. The minimum atomic E-state index is -0.272. The molecular formula is C33H28ClN3OS. The molecule has 0 saturated carbocycles. The second-order valence-corrected chi connectivity index (χ2v) is 11.7. The molecule has 1 atom stereocenters. The predicted octanol–water partition coefficient (Wildman–Crippen LogP) is 6.73.